The number of rotatable bonds is 5. The van der Waals surface area contributed by atoms with Crippen molar-refractivity contribution in [1.29, 1.82) is 0 Å². The van der Waals surface area contributed by atoms with Crippen LogP contribution in [0.4, 0.5) is 10.5 Å². The lowest BCUT2D eigenvalue weighted by molar-refractivity contribution is -0.113. The van der Waals surface area contributed by atoms with Gasteiger partial charge in [-0.15, -0.1) is 0 Å². The highest BCUT2D eigenvalue weighted by Gasteiger charge is 2.36. The van der Waals surface area contributed by atoms with Crippen molar-refractivity contribution < 1.29 is 9.59 Å². The molecule has 2 amide bonds. The van der Waals surface area contributed by atoms with Crippen molar-refractivity contribution in [1.82, 2.24) is 4.57 Å². The second kappa shape index (κ2) is 9.75. The van der Waals surface area contributed by atoms with Gasteiger partial charge in [0.1, 0.15) is 0 Å². The third-order valence-electron chi connectivity index (χ3n) is 5.88. The van der Waals surface area contributed by atoms with E-state index in [1.54, 1.807) is 36.4 Å². The van der Waals surface area contributed by atoms with E-state index in [0.717, 1.165) is 45.1 Å². The second-order valence-corrected chi connectivity index (χ2v) is 10.4. The predicted octanol–water partition coefficient (Wildman–Crippen LogP) is 8.45. The van der Waals surface area contributed by atoms with Gasteiger partial charge >= 0.3 is 0 Å². The van der Waals surface area contributed by atoms with Gasteiger partial charge in [-0.05, 0) is 65.7 Å². The van der Waals surface area contributed by atoms with Gasteiger partial charge in [0.25, 0.3) is 11.1 Å². The van der Waals surface area contributed by atoms with Crippen molar-refractivity contribution in [2.75, 3.05) is 4.90 Å². The van der Waals surface area contributed by atoms with E-state index in [-0.39, 0.29) is 11.1 Å². The van der Waals surface area contributed by atoms with Crippen LogP contribution >= 0.6 is 46.6 Å². The molecule has 0 aliphatic carbocycles. The van der Waals surface area contributed by atoms with Crippen LogP contribution in [-0.2, 0) is 17.8 Å². The lowest BCUT2D eigenvalue weighted by Crippen LogP contribution is -2.27. The maximum absolute atomic E-state index is 13.2. The molecule has 4 aromatic rings. The largest absolute Gasteiger partial charge is 0.342 e. The smallest absolute Gasteiger partial charge is 0.298 e. The molecule has 0 bridgehead atoms. The molecule has 176 valence electrons. The average Bonchev–Trinajstić information content (AvgIpc) is 3.32. The van der Waals surface area contributed by atoms with Gasteiger partial charge in [0.05, 0.1) is 26.2 Å². The monoisotopic (exact) mass is 540 g/mol. The minimum absolute atomic E-state index is 0.350. The van der Waals surface area contributed by atoms with Crippen molar-refractivity contribution in [2.24, 2.45) is 0 Å². The summed E-state index contributed by atoms with van der Waals surface area (Å²) in [5.41, 5.74) is 4.61. The summed E-state index contributed by atoms with van der Waals surface area (Å²) >= 11 is 19.3. The summed E-state index contributed by atoms with van der Waals surface area (Å²) < 4.78 is 2.15. The first-order valence-corrected chi connectivity index (χ1v) is 12.9. The first-order chi connectivity index (χ1) is 16.9. The molecule has 1 aliphatic heterocycles. The van der Waals surface area contributed by atoms with Gasteiger partial charge in [-0.25, -0.2) is 4.90 Å². The Kier molecular flexibility index (Phi) is 6.69. The van der Waals surface area contributed by atoms with E-state index in [4.69, 9.17) is 34.8 Å². The fraction of sp³-hybridized carbons (Fsp3) is 0.111. The lowest BCUT2D eigenvalue weighted by Gasteiger charge is -2.12. The molecule has 2 heterocycles. The molecule has 8 heteroatoms. The maximum Gasteiger partial charge on any atom is 0.298 e. The van der Waals surface area contributed by atoms with E-state index in [0.29, 0.717) is 32.2 Å². The normalized spacial score (nSPS) is 15.1. The number of hydrogen-bond donors (Lipinski definition) is 0. The SMILES string of the molecule is CCc1cccc2c(/C=C3\SC(=O)N(c4cccc(Cl)c4)C3=O)cn(Cc3ccc(Cl)c(Cl)c3)c12. The van der Waals surface area contributed by atoms with Crippen molar-refractivity contribution in [3.63, 3.8) is 0 Å². The van der Waals surface area contributed by atoms with Gasteiger partial charge in [0.15, 0.2) is 0 Å². The molecule has 3 aromatic carbocycles. The topological polar surface area (TPSA) is 42.3 Å². The number of hydrogen-bond acceptors (Lipinski definition) is 3. The number of aromatic nitrogens is 1. The highest BCUT2D eigenvalue weighted by atomic mass is 35.5. The maximum atomic E-state index is 13.2. The molecular formula is C27H19Cl3N2O2S. The van der Waals surface area contributed by atoms with Gasteiger partial charge in [0, 0.05) is 28.7 Å². The van der Waals surface area contributed by atoms with Gasteiger partial charge in [0.2, 0.25) is 0 Å². The van der Waals surface area contributed by atoms with Crippen LogP contribution in [0.2, 0.25) is 15.1 Å². The van der Waals surface area contributed by atoms with Crippen LogP contribution in [0, 0.1) is 0 Å². The lowest BCUT2D eigenvalue weighted by atomic mass is 10.1. The quantitative estimate of drug-likeness (QED) is 0.238. The second-order valence-electron chi connectivity index (χ2n) is 8.12. The number of aryl methyl sites for hydroxylation is 1. The number of fused-ring (bicyclic) bond motifs is 1. The third kappa shape index (κ3) is 4.62. The zero-order chi connectivity index (χ0) is 24.7. The molecule has 4 nitrogen and oxygen atoms in total. The van der Waals surface area contributed by atoms with Crippen LogP contribution in [-0.4, -0.2) is 15.7 Å². The highest BCUT2D eigenvalue weighted by molar-refractivity contribution is 8.19. The summed E-state index contributed by atoms with van der Waals surface area (Å²) in [4.78, 5) is 27.4. The molecule has 0 radical (unpaired) electrons. The van der Waals surface area contributed by atoms with Gasteiger partial charge < -0.3 is 4.57 Å². The van der Waals surface area contributed by atoms with Gasteiger partial charge in [-0.3, -0.25) is 9.59 Å². The Morgan fingerprint density at radius 2 is 1.74 bits per heavy atom. The molecule has 5 rings (SSSR count). The fourth-order valence-corrected chi connectivity index (χ4v) is 5.61. The minimum atomic E-state index is -0.362. The average molecular weight is 542 g/mol. The first-order valence-electron chi connectivity index (χ1n) is 10.9. The van der Waals surface area contributed by atoms with E-state index < -0.39 is 0 Å². The zero-order valence-corrected chi connectivity index (χ0v) is 21.7. The van der Waals surface area contributed by atoms with Crippen LogP contribution in [0.5, 0.6) is 0 Å². The number of para-hydroxylation sites is 1. The first kappa shape index (κ1) is 24.0. The van der Waals surface area contributed by atoms with Crippen molar-refractivity contribution in [3.05, 3.63) is 104 Å². The molecule has 0 unspecified atom stereocenters. The Morgan fingerprint density at radius 1 is 0.943 bits per heavy atom. The number of thioether (sulfide) groups is 1. The van der Waals surface area contributed by atoms with Crippen molar-refractivity contribution in [3.8, 4) is 0 Å². The van der Waals surface area contributed by atoms with E-state index in [9.17, 15) is 9.59 Å². The summed E-state index contributed by atoms with van der Waals surface area (Å²) in [5.74, 6) is -0.362. The number of anilines is 1. The van der Waals surface area contributed by atoms with E-state index in [1.165, 1.54) is 5.56 Å². The van der Waals surface area contributed by atoms with Gasteiger partial charge in [-0.1, -0.05) is 72.1 Å². The molecule has 0 atom stereocenters. The van der Waals surface area contributed by atoms with E-state index in [2.05, 4.69) is 17.6 Å². The molecule has 1 fully saturated rings. The molecule has 1 aliphatic rings. The zero-order valence-electron chi connectivity index (χ0n) is 18.6. The summed E-state index contributed by atoms with van der Waals surface area (Å²) in [6, 6.07) is 18.5. The summed E-state index contributed by atoms with van der Waals surface area (Å²) in [5, 5.41) is 2.14. The van der Waals surface area contributed by atoms with Crippen LogP contribution in [0.15, 0.2) is 71.8 Å². The summed E-state index contributed by atoms with van der Waals surface area (Å²) in [6.45, 7) is 2.70. The van der Waals surface area contributed by atoms with E-state index in [1.807, 2.05) is 30.5 Å². The molecule has 35 heavy (non-hydrogen) atoms. The number of halogens is 3. The van der Waals surface area contributed by atoms with E-state index >= 15 is 0 Å². The number of imide groups is 1. The Bertz CT molecular complexity index is 1530. The highest BCUT2D eigenvalue weighted by Crippen LogP contribution is 2.38. The van der Waals surface area contributed by atoms with Gasteiger partial charge in [-0.2, -0.15) is 0 Å². The van der Waals surface area contributed by atoms with Crippen LogP contribution in [0.3, 0.4) is 0 Å². The molecular weight excluding hydrogens is 523 g/mol. The Hall–Kier alpha value is -2.70. The Morgan fingerprint density at radius 3 is 2.49 bits per heavy atom. The summed E-state index contributed by atoms with van der Waals surface area (Å²) in [7, 11) is 0. The van der Waals surface area contributed by atoms with Crippen LogP contribution < -0.4 is 4.90 Å². The number of amides is 2. The van der Waals surface area contributed by atoms with Crippen LogP contribution in [0.1, 0.15) is 23.6 Å². The molecule has 1 aromatic heterocycles. The van der Waals surface area contributed by atoms with Crippen molar-refractivity contribution >= 4 is 80.4 Å². The fourth-order valence-electron chi connectivity index (χ4n) is 4.27. The number of carbonyl (C=O) groups is 2. The molecule has 0 saturated carbocycles. The third-order valence-corrected chi connectivity index (χ3v) is 7.72. The number of nitrogens with zero attached hydrogens (tertiary/aromatic N) is 2. The Labute approximate surface area is 222 Å². The molecule has 1 saturated heterocycles. The predicted molar refractivity (Wildman–Crippen MR) is 147 cm³/mol. The standard InChI is InChI=1S/C27H19Cl3N2O2S/c1-2-17-5-3-8-21-18(15-31(25(17)21)14-16-9-10-22(29)23(30)11-16)12-24-26(33)32(27(34)35-24)20-7-4-6-19(28)13-20/h3-13,15H,2,14H2,1H3/b24-12-. The number of benzene rings is 3. The number of carbonyl (C=O) groups excluding carboxylic acids is 2. The minimum Gasteiger partial charge on any atom is -0.342 e. The molecule has 0 N–H and O–H groups in total. The molecule has 0 spiro atoms. The van der Waals surface area contributed by atoms with Crippen molar-refractivity contribution in [2.45, 2.75) is 19.9 Å². The van der Waals surface area contributed by atoms with Crippen LogP contribution in [0.25, 0.3) is 17.0 Å². The summed E-state index contributed by atoms with van der Waals surface area (Å²) in [6.07, 6.45) is 4.66. The Balaban J connectivity index is 1.57.